The minimum atomic E-state index is -1.53. The number of aliphatic hydroxyl groups is 2. The molecular formula is C39H52O9. The van der Waals surface area contributed by atoms with Crippen LogP contribution in [-0.2, 0) is 43.5 Å². The second kappa shape index (κ2) is 17.9. The summed E-state index contributed by atoms with van der Waals surface area (Å²) < 4.78 is 41.8. The van der Waals surface area contributed by atoms with Crippen molar-refractivity contribution in [3.8, 4) is 11.5 Å². The first kappa shape index (κ1) is 37.5. The molecule has 6 atom stereocenters. The van der Waals surface area contributed by atoms with Gasteiger partial charge in [-0.25, -0.2) is 0 Å². The van der Waals surface area contributed by atoms with Gasteiger partial charge in [0.05, 0.1) is 65.1 Å². The predicted molar refractivity (Wildman–Crippen MR) is 184 cm³/mol. The van der Waals surface area contributed by atoms with Crippen molar-refractivity contribution >= 4 is 0 Å². The average molecular weight is 665 g/mol. The standard InChI is InChI=1S/C39H52O9/c1-28(46-26-29-11-8-7-9-12-29)36(47-27-31-15-19-33(43-5)20-16-31)24-34-23-35(40)37(41)39(44-6,48-34)38(2,3)21-10-22-45-25-30-13-17-32(42-4)18-14-30/h7-21,28,34-37,40-41H,22-27H2,1-6H3/b21-10+/t28?,34-,35-,36+,37-,39+/m0/s1. The monoisotopic (exact) mass is 664 g/mol. The molecule has 0 amide bonds. The zero-order valence-corrected chi connectivity index (χ0v) is 29.0. The van der Waals surface area contributed by atoms with Crippen molar-refractivity contribution in [1.82, 2.24) is 0 Å². The molecule has 4 rings (SSSR count). The summed E-state index contributed by atoms with van der Waals surface area (Å²) >= 11 is 0. The Balaban J connectivity index is 1.45. The summed E-state index contributed by atoms with van der Waals surface area (Å²) in [6.07, 6.45) is 0.867. The molecule has 1 unspecified atom stereocenters. The van der Waals surface area contributed by atoms with Gasteiger partial charge in [0.25, 0.3) is 0 Å². The Bertz CT molecular complexity index is 1380. The van der Waals surface area contributed by atoms with E-state index in [1.54, 1.807) is 14.2 Å². The minimum Gasteiger partial charge on any atom is -0.497 e. The predicted octanol–water partition coefficient (Wildman–Crippen LogP) is 6.24. The zero-order chi connectivity index (χ0) is 34.6. The van der Waals surface area contributed by atoms with E-state index in [0.29, 0.717) is 32.8 Å². The lowest BCUT2D eigenvalue weighted by atomic mass is 9.75. The molecule has 0 radical (unpaired) electrons. The van der Waals surface area contributed by atoms with Gasteiger partial charge in [0.2, 0.25) is 5.79 Å². The van der Waals surface area contributed by atoms with Gasteiger partial charge in [-0.15, -0.1) is 0 Å². The van der Waals surface area contributed by atoms with E-state index in [1.807, 2.05) is 112 Å². The molecule has 262 valence electrons. The summed E-state index contributed by atoms with van der Waals surface area (Å²) in [5.41, 5.74) is 2.23. The van der Waals surface area contributed by atoms with Gasteiger partial charge < -0.3 is 43.4 Å². The molecule has 9 nitrogen and oxygen atoms in total. The van der Waals surface area contributed by atoms with Gasteiger partial charge in [0.15, 0.2) is 0 Å². The number of benzene rings is 3. The Labute approximate surface area is 285 Å². The fourth-order valence-corrected chi connectivity index (χ4v) is 6.04. The summed E-state index contributed by atoms with van der Waals surface area (Å²) in [7, 11) is 4.77. The van der Waals surface area contributed by atoms with Crippen LogP contribution in [0.1, 0.15) is 50.3 Å². The van der Waals surface area contributed by atoms with Crippen LogP contribution in [0.2, 0.25) is 0 Å². The largest absolute Gasteiger partial charge is 0.497 e. The topological polar surface area (TPSA) is 105 Å². The average Bonchev–Trinajstić information content (AvgIpc) is 3.11. The maximum absolute atomic E-state index is 11.3. The Morgan fingerprint density at radius 3 is 1.96 bits per heavy atom. The van der Waals surface area contributed by atoms with Crippen molar-refractivity contribution in [2.75, 3.05) is 27.9 Å². The lowest BCUT2D eigenvalue weighted by molar-refractivity contribution is -0.367. The third kappa shape index (κ3) is 9.89. The van der Waals surface area contributed by atoms with E-state index in [-0.39, 0.29) is 18.6 Å². The number of methoxy groups -OCH3 is 3. The van der Waals surface area contributed by atoms with Crippen LogP contribution in [0.15, 0.2) is 91.0 Å². The zero-order valence-electron chi connectivity index (χ0n) is 29.0. The van der Waals surface area contributed by atoms with Crippen molar-refractivity contribution in [2.24, 2.45) is 5.41 Å². The number of hydrogen-bond donors (Lipinski definition) is 2. The molecule has 1 saturated heterocycles. The maximum Gasteiger partial charge on any atom is 0.205 e. The summed E-state index contributed by atoms with van der Waals surface area (Å²) in [6, 6.07) is 25.4. The Morgan fingerprint density at radius 2 is 1.38 bits per heavy atom. The lowest BCUT2D eigenvalue weighted by Gasteiger charge is -2.53. The van der Waals surface area contributed by atoms with Gasteiger partial charge in [-0.2, -0.15) is 0 Å². The highest BCUT2D eigenvalue weighted by Crippen LogP contribution is 2.45. The van der Waals surface area contributed by atoms with Crippen molar-refractivity contribution in [3.05, 3.63) is 108 Å². The number of ether oxygens (including phenoxy) is 7. The molecule has 0 aromatic heterocycles. The van der Waals surface area contributed by atoms with Crippen LogP contribution in [0.3, 0.4) is 0 Å². The first-order chi connectivity index (χ1) is 23.1. The van der Waals surface area contributed by atoms with Gasteiger partial charge in [-0.3, -0.25) is 0 Å². The van der Waals surface area contributed by atoms with E-state index in [2.05, 4.69) is 0 Å². The van der Waals surface area contributed by atoms with E-state index in [1.165, 1.54) is 7.11 Å². The third-order valence-electron chi connectivity index (χ3n) is 8.98. The van der Waals surface area contributed by atoms with Crippen LogP contribution < -0.4 is 9.47 Å². The van der Waals surface area contributed by atoms with Crippen molar-refractivity contribution in [1.29, 1.82) is 0 Å². The summed E-state index contributed by atoms with van der Waals surface area (Å²) in [5, 5.41) is 22.5. The van der Waals surface area contributed by atoms with Crippen molar-refractivity contribution < 1.29 is 43.4 Å². The molecule has 48 heavy (non-hydrogen) atoms. The molecule has 0 aliphatic carbocycles. The Hall–Kier alpha value is -3.28. The normalized spacial score (nSPS) is 22.8. The lowest BCUT2D eigenvalue weighted by Crippen LogP contribution is -2.65. The van der Waals surface area contributed by atoms with E-state index in [0.717, 1.165) is 28.2 Å². The van der Waals surface area contributed by atoms with Crippen LogP contribution >= 0.6 is 0 Å². The fraction of sp³-hybridized carbons (Fsp3) is 0.487. The molecule has 9 heteroatoms. The molecule has 3 aromatic rings. The molecule has 0 saturated carbocycles. The maximum atomic E-state index is 11.3. The molecule has 1 aliphatic rings. The molecule has 1 fully saturated rings. The third-order valence-corrected chi connectivity index (χ3v) is 8.98. The number of aliphatic hydroxyl groups excluding tert-OH is 2. The van der Waals surface area contributed by atoms with E-state index in [9.17, 15) is 10.2 Å². The molecular weight excluding hydrogens is 612 g/mol. The van der Waals surface area contributed by atoms with Gasteiger partial charge >= 0.3 is 0 Å². The van der Waals surface area contributed by atoms with Crippen molar-refractivity contribution in [3.63, 3.8) is 0 Å². The molecule has 0 bridgehead atoms. The van der Waals surface area contributed by atoms with E-state index < -0.39 is 29.5 Å². The van der Waals surface area contributed by atoms with Crippen LogP contribution in [0, 0.1) is 5.41 Å². The summed E-state index contributed by atoms with van der Waals surface area (Å²) in [5.74, 6) is 0.0340. The smallest absolute Gasteiger partial charge is 0.205 e. The van der Waals surface area contributed by atoms with Gasteiger partial charge in [-0.1, -0.05) is 80.6 Å². The van der Waals surface area contributed by atoms with Crippen LogP contribution in [-0.4, -0.2) is 74.5 Å². The van der Waals surface area contributed by atoms with Gasteiger partial charge in [0, 0.05) is 25.4 Å². The number of hydrogen-bond acceptors (Lipinski definition) is 9. The van der Waals surface area contributed by atoms with Crippen molar-refractivity contribution in [2.45, 2.75) is 89.7 Å². The van der Waals surface area contributed by atoms with Gasteiger partial charge in [0.1, 0.15) is 17.6 Å². The highest BCUT2D eigenvalue weighted by Gasteiger charge is 2.58. The minimum absolute atomic E-state index is 0.213. The highest BCUT2D eigenvalue weighted by atomic mass is 16.7. The van der Waals surface area contributed by atoms with Crippen LogP contribution in [0.4, 0.5) is 0 Å². The fourth-order valence-electron chi connectivity index (χ4n) is 6.04. The first-order valence-electron chi connectivity index (χ1n) is 16.5. The molecule has 2 N–H and O–H groups in total. The second-order valence-electron chi connectivity index (χ2n) is 12.8. The molecule has 1 aliphatic heterocycles. The quantitative estimate of drug-likeness (QED) is 0.121. The van der Waals surface area contributed by atoms with Crippen LogP contribution in [0.25, 0.3) is 0 Å². The van der Waals surface area contributed by atoms with E-state index in [4.69, 9.17) is 33.2 Å². The van der Waals surface area contributed by atoms with Crippen LogP contribution in [0.5, 0.6) is 11.5 Å². The molecule has 1 heterocycles. The van der Waals surface area contributed by atoms with Gasteiger partial charge in [-0.05, 0) is 47.9 Å². The summed E-state index contributed by atoms with van der Waals surface area (Å²) in [6.45, 7) is 7.37. The molecule has 3 aromatic carbocycles. The highest BCUT2D eigenvalue weighted by molar-refractivity contribution is 5.27. The SMILES string of the molecule is COc1ccc(COC/C=C/C(C)(C)[C@]2(OC)O[C@H](C[C@@H](OCc3ccc(OC)cc3)C(C)OCc3ccccc3)C[C@H](O)[C@@H]2O)cc1. The Kier molecular flexibility index (Phi) is 14.0. The van der Waals surface area contributed by atoms with E-state index >= 15 is 0 Å². The first-order valence-corrected chi connectivity index (χ1v) is 16.5. The Morgan fingerprint density at radius 1 is 0.812 bits per heavy atom. The number of rotatable bonds is 18. The summed E-state index contributed by atoms with van der Waals surface area (Å²) in [4.78, 5) is 0. The second-order valence-corrected chi connectivity index (χ2v) is 12.8. The molecule has 0 spiro atoms.